The summed E-state index contributed by atoms with van der Waals surface area (Å²) < 4.78 is 5.77. The fourth-order valence-corrected chi connectivity index (χ4v) is 7.91. The number of carbonyl (C=O) groups excluding carboxylic acids is 1. The number of hydrogen-bond acceptors (Lipinski definition) is 7. The normalized spacial score (nSPS) is 61.7. The van der Waals surface area contributed by atoms with Crippen molar-refractivity contribution in [3.05, 3.63) is 12.2 Å². The summed E-state index contributed by atoms with van der Waals surface area (Å²) in [6, 6.07) is 0. The number of ketones is 1. The Labute approximate surface area is 157 Å². The Morgan fingerprint density at radius 1 is 1.19 bits per heavy atom. The molecule has 5 N–H and O–H groups in total. The van der Waals surface area contributed by atoms with Crippen LogP contribution in [0.4, 0.5) is 0 Å². The van der Waals surface area contributed by atoms with Gasteiger partial charge in [0, 0.05) is 23.9 Å². The zero-order valence-corrected chi connectivity index (χ0v) is 15.5. The molecular formula is C20H28O7. The van der Waals surface area contributed by atoms with Gasteiger partial charge in [-0.3, -0.25) is 4.79 Å². The zero-order valence-electron chi connectivity index (χ0n) is 15.5. The molecule has 0 aromatic carbocycles. The smallest absolute Gasteiger partial charge is 0.208 e. The molecule has 0 unspecified atom stereocenters. The summed E-state index contributed by atoms with van der Waals surface area (Å²) in [6.45, 7) is 5.50. The highest BCUT2D eigenvalue weighted by atomic mass is 16.6. The average molecular weight is 380 g/mol. The first kappa shape index (κ1) is 18.2. The fourth-order valence-electron chi connectivity index (χ4n) is 7.91. The minimum absolute atomic E-state index is 0.00839. The van der Waals surface area contributed by atoms with Crippen LogP contribution in [0.2, 0.25) is 0 Å². The number of ether oxygens (including phenoxy) is 1. The Hall–Kier alpha value is -0.830. The molecule has 0 aromatic rings. The third-order valence-electron chi connectivity index (χ3n) is 9.08. The van der Waals surface area contributed by atoms with Crippen molar-refractivity contribution in [2.24, 2.45) is 34.0 Å². The van der Waals surface area contributed by atoms with E-state index in [0.29, 0.717) is 25.7 Å². The molecule has 7 nitrogen and oxygen atoms in total. The van der Waals surface area contributed by atoms with E-state index in [1.54, 1.807) is 0 Å². The van der Waals surface area contributed by atoms with E-state index in [0.717, 1.165) is 0 Å². The van der Waals surface area contributed by atoms with Gasteiger partial charge in [0.1, 0.15) is 11.5 Å². The van der Waals surface area contributed by atoms with Crippen molar-refractivity contribution in [3.63, 3.8) is 0 Å². The van der Waals surface area contributed by atoms with E-state index < -0.39 is 63.9 Å². The maximum absolute atomic E-state index is 13.4. The largest absolute Gasteiger partial charge is 0.396 e. The van der Waals surface area contributed by atoms with Crippen molar-refractivity contribution in [1.29, 1.82) is 0 Å². The molecule has 6 aliphatic rings. The lowest BCUT2D eigenvalue weighted by Crippen LogP contribution is -2.86. The highest BCUT2D eigenvalue weighted by Crippen LogP contribution is 2.76. The lowest BCUT2D eigenvalue weighted by molar-refractivity contribution is -0.459. The summed E-state index contributed by atoms with van der Waals surface area (Å²) in [5, 5.41) is 55.3. The Balaban J connectivity index is 1.80. The quantitative estimate of drug-likeness (QED) is 0.383. The maximum Gasteiger partial charge on any atom is 0.208 e. The van der Waals surface area contributed by atoms with Gasteiger partial charge in [-0.2, -0.15) is 0 Å². The van der Waals surface area contributed by atoms with E-state index >= 15 is 0 Å². The maximum atomic E-state index is 13.4. The van der Waals surface area contributed by atoms with Gasteiger partial charge in [0.2, 0.25) is 5.79 Å². The Morgan fingerprint density at radius 3 is 2.56 bits per heavy atom. The van der Waals surface area contributed by atoms with E-state index in [9.17, 15) is 30.3 Å². The molecule has 0 radical (unpaired) electrons. The Kier molecular flexibility index (Phi) is 3.38. The first-order valence-electron chi connectivity index (χ1n) is 9.88. The molecule has 4 saturated carbocycles. The highest BCUT2D eigenvalue weighted by Gasteiger charge is 2.87. The van der Waals surface area contributed by atoms with Crippen LogP contribution in [0.1, 0.15) is 32.6 Å². The van der Waals surface area contributed by atoms with Gasteiger partial charge in [0.25, 0.3) is 0 Å². The number of Topliss-reactive ketones (excluding diaryl/α,β-unsaturated/α-hetero) is 1. The molecule has 2 saturated heterocycles. The fraction of sp³-hybridized carbons (Fsp3) is 0.850. The zero-order chi connectivity index (χ0) is 19.6. The monoisotopic (exact) mass is 380 g/mol. The number of fused-ring (bicyclic) bond motifs is 2. The number of rotatable bonds is 1. The van der Waals surface area contributed by atoms with Crippen molar-refractivity contribution in [2.45, 2.75) is 56.7 Å². The third kappa shape index (κ3) is 1.56. The second-order valence-electron chi connectivity index (χ2n) is 9.79. The first-order chi connectivity index (χ1) is 12.6. The molecule has 0 amide bonds. The summed E-state index contributed by atoms with van der Waals surface area (Å²) >= 11 is 0. The van der Waals surface area contributed by atoms with Gasteiger partial charge in [-0.1, -0.05) is 13.5 Å². The van der Waals surface area contributed by atoms with E-state index in [4.69, 9.17) is 4.74 Å². The Bertz CT molecular complexity index is 738. The summed E-state index contributed by atoms with van der Waals surface area (Å²) in [4.78, 5) is 13.4. The van der Waals surface area contributed by atoms with E-state index in [2.05, 4.69) is 6.58 Å². The van der Waals surface area contributed by atoms with Crippen LogP contribution in [0.5, 0.6) is 0 Å². The van der Waals surface area contributed by atoms with Gasteiger partial charge in [-0.25, -0.2) is 0 Å². The summed E-state index contributed by atoms with van der Waals surface area (Å²) in [5.74, 6) is -4.36. The molecule has 4 aliphatic carbocycles. The minimum Gasteiger partial charge on any atom is -0.396 e. The Morgan fingerprint density at radius 2 is 1.89 bits per heavy atom. The lowest BCUT2D eigenvalue weighted by atomic mass is 9.35. The molecular weight excluding hydrogens is 352 g/mol. The first-order valence-corrected chi connectivity index (χ1v) is 9.88. The van der Waals surface area contributed by atoms with E-state index in [1.165, 1.54) is 0 Å². The molecule has 150 valence electrons. The van der Waals surface area contributed by atoms with Crippen LogP contribution in [0.3, 0.4) is 0 Å². The van der Waals surface area contributed by atoms with Gasteiger partial charge in [0.15, 0.2) is 5.78 Å². The molecule has 27 heavy (non-hydrogen) atoms. The van der Waals surface area contributed by atoms with Gasteiger partial charge in [-0.15, -0.1) is 0 Å². The van der Waals surface area contributed by atoms with Gasteiger partial charge in [0.05, 0.1) is 18.8 Å². The summed E-state index contributed by atoms with van der Waals surface area (Å²) in [6.07, 6.45) is -1.59. The lowest BCUT2D eigenvalue weighted by Gasteiger charge is -2.74. The molecule has 2 aliphatic heterocycles. The van der Waals surface area contributed by atoms with Crippen molar-refractivity contribution in [2.75, 3.05) is 13.2 Å². The van der Waals surface area contributed by atoms with Crippen LogP contribution in [-0.4, -0.2) is 68.6 Å². The van der Waals surface area contributed by atoms with Crippen LogP contribution in [0.15, 0.2) is 12.2 Å². The van der Waals surface area contributed by atoms with Gasteiger partial charge in [-0.05, 0) is 42.6 Å². The molecule has 6 fully saturated rings. The van der Waals surface area contributed by atoms with E-state index in [-0.39, 0.29) is 18.8 Å². The predicted molar refractivity (Wildman–Crippen MR) is 92.1 cm³/mol. The topological polar surface area (TPSA) is 127 Å². The standard InChI is InChI=1S/C20H28O7/c1-9-10-3-4-11-18-8-27-20(26,19(11,14(9)23)15(10)24)16(25)13(18)17(2,7-21)6-5-12(18)22/h10-13,15-16,21-22,24-26H,1,3-8H2,2H3/t10-,11-,12+,13+,15+,16-,17+,18+,19-,20+/m0/s1. The number of hydrogen-bond donors (Lipinski definition) is 5. The number of aliphatic hydroxyl groups is 5. The SMILES string of the molecule is C=C1C(=O)[C@]23[C@H](O)[C@H]1CC[C@H]2[C@@]12CO[C@]3(O)[C@@H](O)[C@@H]1[C@@](C)(CO)CC[C@H]2O. The van der Waals surface area contributed by atoms with Crippen molar-refractivity contribution in [3.8, 4) is 0 Å². The predicted octanol–water partition coefficient (Wildman–Crippen LogP) is -0.652. The summed E-state index contributed by atoms with van der Waals surface area (Å²) in [7, 11) is 0. The third-order valence-corrected chi connectivity index (χ3v) is 9.08. The highest BCUT2D eigenvalue weighted by molar-refractivity contribution is 6.05. The second kappa shape index (κ2) is 5.01. The molecule has 2 heterocycles. The van der Waals surface area contributed by atoms with Crippen LogP contribution in [0, 0.1) is 34.0 Å². The van der Waals surface area contributed by atoms with Crippen molar-refractivity contribution in [1.82, 2.24) is 0 Å². The number of aliphatic hydroxyl groups excluding tert-OH is 4. The molecule has 2 spiro atoms. The molecule has 6 rings (SSSR count). The minimum atomic E-state index is -2.26. The summed E-state index contributed by atoms with van der Waals surface area (Å²) in [5.41, 5.74) is -3.18. The molecule has 4 bridgehead atoms. The molecule has 7 heteroatoms. The van der Waals surface area contributed by atoms with Crippen LogP contribution in [0.25, 0.3) is 0 Å². The van der Waals surface area contributed by atoms with Crippen LogP contribution < -0.4 is 0 Å². The second-order valence-corrected chi connectivity index (χ2v) is 9.79. The van der Waals surface area contributed by atoms with Crippen molar-refractivity contribution < 1.29 is 35.1 Å². The molecule has 0 aromatic heterocycles. The van der Waals surface area contributed by atoms with Gasteiger partial charge < -0.3 is 30.3 Å². The van der Waals surface area contributed by atoms with Crippen LogP contribution >= 0.6 is 0 Å². The van der Waals surface area contributed by atoms with Crippen LogP contribution in [-0.2, 0) is 9.53 Å². The average Bonchev–Trinajstić information content (AvgIpc) is 2.76. The molecule has 10 atom stereocenters. The van der Waals surface area contributed by atoms with Gasteiger partial charge >= 0.3 is 0 Å². The van der Waals surface area contributed by atoms with E-state index in [1.807, 2.05) is 6.92 Å². The van der Waals surface area contributed by atoms with Crippen molar-refractivity contribution >= 4 is 5.78 Å². The number of carbonyl (C=O) groups is 1.